The molecule has 0 spiro atoms. The van der Waals surface area contributed by atoms with Crippen molar-refractivity contribution in [3.8, 4) is 0 Å². The van der Waals surface area contributed by atoms with E-state index in [0.29, 0.717) is 18.7 Å². The summed E-state index contributed by atoms with van der Waals surface area (Å²) in [5.41, 5.74) is 2.66. The molecule has 4 nitrogen and oxygen atoms in total. The summed E-state index contributed by atoms with van der Waals surface area (Å²) < 4.78 is 13.4. The van der Waals surface area contributed by atoms with Gasteiger partial charge in [0, 0.05) is 20.0 Å². The van der Waals surface area contributed by atoms with Crippen LogP contribution < -0.4 is 16.2 Å². The summed E-state index contributed by atoms with van der Waals surface area (Å²) in [6.07, 6.45) is 1.96. The molecule has 1 rings (SSSR count). The van der Waals surface area contributed by atoms with Gasteiger partial charge in [-0.1, -0.05) is 12.1 Å². The summed E-state index contributed by atoms with van der Waals surface area (Å²) in [5, 5.41) is 0. The van der Waals surface area contributed by atoms with Crippen molar-refractivity contribution in [2.24, 2.45) is 5.84 Å². The zero-order chi connectivity index (χ0) is 12.7. The van der Waals surface area contributed by atoms with E-state index in [9.17, 15) is 9.18 Å². The van der Waals surface area contributed by atoms with Crippen LogP contribution in [0.4, 0.5) is 10.1 Å². The van der Waals surface area contributed by atoms with Gasteiger partial charge in [0.15, 0.2) is 0 Å². The molecule has 0 aliphatic carbocycles. The highest BCUT2D eigenvalue weighted by Crippen LogP contribution is 2.17. The fourth-order valence-electron chi connectivity index (χ4n) is 1.59. The van der Waals surface area contributed by atoms with Crippen molar-refractivity contribution in [1.82, 2.24) is 5.43 Å². The van der Waals surface area contributed by atoms with E-state index in [-0.39, 0.29) is 11.7 Å². The van der Waals surface area contributed by atoms with Gasteiger partial charge >= 0.3 is 0 Å². The van der Waals surface area contributed by atoms with E-state index in [2.05, 4.69) is 5.43 Å². The second-order valence-corrected chi connectivity index (χ2v) is 3.90. The van der Waals surface area contributed by atoms with Gasteiger partial charge in [-0.2, -0.15) is 0 Å². The van der Waals surface area contributed by atoms with Crippen molar-refractivity contribution < 1.29 is 9.18 Å². The quantitative estimate of drug-likeness (QED) is 0.341. The van der Waals surface area contributed by atoms with E-state index in [0.717, 1.165) is 12.8 Å². The molecule has 0 atom stereocenters. The number of anilines is 1. The van der Waals surface area contributed by atoms with Gasteiger partial charge in [0.2, 0.25) is 5.91 Å². The highest BCUT2D eigenvalue weighted by molar-refractivity contribution is 5.75. The minimum atomic E-state index is -0.227. The molecule has 3 N–H and O–H groups in total. The number of halogens is 1. The number of rotatable bonds is 6. The minimum Gasteiger partial charge on any atom is -0.372 e. The number of hydrazine groups is 1. The monoisotopic (exact) mass is 239 g/mol. The first-order valence-corrected chi connectivity index (χ1v) is 5.60. The number of hydrogen-bond acceptors (Lipinski definition) is 3. The Balaban J connectivity index is 2.33. The van der Waals surface area contributed by atoms with Crippen LogP contribution in [0.5, 0.6) is 0 Å². The molecule has 0 saturated carbocycles. The van der Waals surface area contributed by atoms with E-state index in [4.69, 9.17) is 5.84 Å². The molecular weight excluding hydrogens is 221 g/mol. The van der Waals surface area contributed by atoms with Crippen molar-refractivity contribution in [3.05, 3.63) is 30.1 Å². The lowest BCUT2D eigenvalue weighted by molar-refractivity contribution is -0.121. The molecule has 1 amide bonds. The Morgan fingerprint density at radius 1 is 1.41 bits per heavy atom. The largest absolute Gasteiger partial charge is 0.372 e. The lowest BCUT2D eigenvalue weighted by Crippen LogP contribution is -2.29. The predicted octanol–water partition coefficient (Wildman–Crippen LogP) is 1.42. The molecule has 94 valence electrons. The summed E-state index contributed by atoms with van der Waals surface area (Å²) in [4.78, 5) is 12.7. The smallest absolute Gasteiger partial charge is 0.233 e. The number of para-hydroxylation sites is 1. The number of carbonyl (C=O) groups excluding carboxylic acids is 1. The van der Waals surface area contributed by atoms with Gasteiger partial charge in [-0.05, 0) is 25.0 Å². The van der Waals surface area contributed by atoms with E-state index in [1.165, 1.54) is 6.07 Å². The number of nitrogens with one attached hydrogen (secondary N) is 1. The van der Waals surface area contributed by atoms with Gasteiger partial charge in [0.25, 0.3) is 0 Å². The summed E-state index contributed by atoms with van der Waals surface area (Å²) in [6, 6.07) is 6.64. The number of hydrogen-bond donors (Lipinski definition) is 2. The third kappa shape index (κ3) is 4.40. The zero-order valence-corrected chi connectivity index (χ0v) is 9.95. The molecule has 0 aliphatic heterocycles. The van der Waals surface area contributed by atoms with Crippen molar-refractivity contribution >= 4 is 11.6 Å². The fourth-order valence-corrected chi connectivity index (χ4v) is 1.59. The average Bonchev–Trinajstić information content (AvgIpc) is 2.34. The van der Waals surface area contributed by atoms with E-state index < -0.39 is 0 Å². The molecule has 0 heterocycles. The highest BCUT2D eigenvalue weighted by Gasteiger charge is 2.06. The summed E-state index contributed by atoms with van der Waals surface area (Å²) in [7, 11) is 1.83. The molecule has 0 bridgehead atoms. The van der Waals surface area contributed by atoms with Crippen LogP contribution in [-0.2, 0) is 4.79 Å². The topological polar surface area (TPSA) is 58.4 Å². The summed E-state index contributed by atoms with van der Waals surface area (Å²) in [5.74, 6) is 4.57. The van der Waals surface area contributed by atoms with Crippen molar-refractivity contribution in [2.75, 3.05) is 18.5 Å². The molecule has 0 unspecified atom stereocenters. The van der Waals surface area contributed by atoms with E-state index in [1.807, 2.05) is 11.9 Å². The number of nitrogens with two attached hydrogens (primary N) is 1. The van der Waals surface area contributed by atoms with Gasteiger partial charge in [-0.3, -0.25) is 10.2 Å². The number of nitrogens with zero attached hydrogens (tertiary/aromatic N) is 1. The average molecular weight is 239 g/mol. The van der Waals surface area contributed by atoms with Crippen molar-refractivity contribution in [1.29, 1.82) is 0 Å². The Kier molecular flexibility index (Phi) is 5.42. The van der Waals surface area contributed by atoms with Gasteiger partial charge in [0.1, 0.15) is 5.82 Å². The fraction of sp³-hybridized carbons (Fsp3) is 0.417. The van der Waals surface area contributed by atoms with Crippen LogP contribution in [0.2, 0.25) is 0 Å². The van der Waals surface area contributed by atoms with Gasteiger partial charge in [-0.25, -0.2) is 10.2 Å². The third-order valence-electron chi connectivity index (χ3n) is 2.57. The van der Waals surface area contributed by atoms with Crippen LogP contribution >= 0.6 is 0 Å². The lowest BCUT2D eigenvalue weighted by Gasteiger charge is -2.19. The SMILES string of the molecule is CN(CCCCC(=O)NN)c1ccccc1F. The lowest BCUT2D eigenvalue weighted by atomic mass is 10.2. The van der Waals surface area contributed by atoms with Crippen LogP contribution in [0.3, 0.4) is 0 Å². The highest BCUT2D eigenvalue weighted by atomic mass is 19.1. The second kappa shape index (κ2) is 6.85. The molecule has 1 aromatic carbocycles. The van der Waals surface area contributed by atoms with Crippen LogP contribution in [0.15, 0.2) is 24.3 Å². The third-order valence-corrected chi connectivity index (χ3v) is 2.57. The van der Waals surface area contributed by atoms with Gasteiger partial charge in [0.05, 0.1) is 5.69 Å². The Bertz CT molecular complexity index is 371. The Labute approximate surface area is 101 Å². The van der Waals surface area contributed by atoms with Crippen LogP contribution in [0.1, 0.15) is 19.3 Å². The second-order valence-electron chi connectivity index (χ2n) is 3.90. The predicted molar refractivity (Wildman–Crippen MR) is 65.9 cm³/mol. The molecule has 0 fully saturated rings. The van der Waals surface area contributed by atoms with Crippen LogP contribution in [0, 0.1) is 5.82 Å². The molecule has 0 saturated heterocycles. The minimum absolute atomic E-state index is 0.168. The first kappa shape index (κ1) is 13.4. The number of amides is 1. The van der Waals surface area contributed by atoms with Crippen LogP contribution in [-0.4, -0.2) is 19.5 Å². The maximum Gasteiger partial charge on any atom is 0.233 e. The Hall–Kier alpha value is -1.62. The standard InChI is InChI=1S/C12H18FN3O/c1-16(9-5-4-8-12(17)15-14)11-7-3-2-6-10(11)13/h2-3,6-7H,4-5,8-9,14H2,1H3,(H,15,17). The zero-order valence-electron chi connectivity index (χ0n) is 9.95. The number of unbranched alkanes of at least 4 members (excludes halogenated alkanes) is 1. The maximum absolute atomic E-state index is 13.4. The first-order chi connectivity index (χ1) is 8.15. The van der Waals surface area contributed by atoms with Gasteiger partial charge in [-0.15, -0.1) is 0 Å². The normalized spacial score (nSPS) is 10.1. The Morgan fingerprint density at radius 2 is 2.12 bits per heavy atom. The van der Waals surface area contributed by atoms with E-state index in [1.54, 1.807) is 18.2 Å². The summed E-state index contributed by atoms with van der Waals surface area (Å²) in [6.45, 7) is 0.707. The number of benzene rings is 1. The van der Waals surface area contributed by atoms with Gasteiger partial charge < -0.3 is 4.90 Å². The number of carbonyl (C=O) groups is 1. The molecule has 5 heteroatoms. The first-order valence-electron chi connectivity index (χ1n) is 5.60. The molecular formula is C12H18FN3O. The van der Waals surface area contributed by atoms with Crippen molar-refractivity contribution in [2.45, 2.75) is 19.3 Å². The molecule has 17 heavy (non-hydrogen) atoms. The van der Waals surface area contributed by atoms with Crippen LogP contribution in [0.25, 0.3) is 0 Å². The molecule has 0 aromatic heterocycles. The summed E-state index contributed by atoms with van der Waals surface area (Å²) >= 11 is 0. The Morgan fingerprint density at radius 3 is 2.76 bits per heavy atom. The molecule has 0 aliphatic rings. The van der Waals surface area contributed by atoms with E-state index >= 15 is 0 Å². The molecule has 0 radical (unpaired) electrons. The molecule has 1 aromatic rings. The maximum atomic E-state index is 13.4. The van der Waals surface area contributed by atoms with Crippen molar-refractivity contribution in [3.63, 3.8) is 0 Å².